The number of ether oxygens (including phenoxy) is 1. The number of hydrogen-bond acceptors (Lipinski definition) is 8. The van der Waals surface area contributed by atoms with Crippen molar-refractivity contribution in [3.63, 3.8) is 0 Å². The number of piperazine rings is 1. The lowest BCUT2D eigenvalue weighted by Gasteiger charge is -2.34. The van der Waals surface area contributed by atoms with Crippen LogP contribution in [0.1, 0.15) is 12.8 Å². The van der Waals surface area contributed by atoms with Crippen LogP contribution in [-0.4, -0.2) is 67.8 Å². The summed E-state index contributed by atoms with van der Waals surface area (Å²) in [5.41, 5.74) is 0.234. The molecule has 0 saturated carbocycles. The highest BCUT2D eigenvalue weighted by molar-refractivity contribution is 7.89. The predicted molar refractivity (Wildman–Crippen MR) is 108 cm³/mol. The first-order chi connectivity index (χ1) is 14.4. The van der Waals surface area contributed by atoms with E-state index in [1.165, 1.54) is 29.6 Å². The molecule has 10 nitrogen and oxygen atoms in total. The molecule has 2 aliphatic heterocycles. The molecule has 0 unspecified atom stereocenters. The van der Waals surface area contributed by atoms with Crippen LogP contribution in [0.2, 0.25) is 0 Å². The Morgan fingerprint density at radius 2 is 1.60 bits per heavy atom. The van der Waals surface area contributed by atoms with Crippen LogP contribution in [0.5, 0.6) is 5.75 Å². The molecular weight excluding hydrogens is 410 g/mol. The van der Waals surface area contributed by atoms with Crippen molar-refractivity contribution in [2.45, 2.75) is 17.7 Å². The topological polar surface area (TPSA) is 113 Å². The molecule has 0 N–H and O–H groups in total. The smallest absolute Gasteiger partial charge is 0.246 e. The van der Waals surface area contributed by atoms with E-state index in [0.717, 1.165) is 4.90 Å². The highest BCUT2D eigenvalue weighted by Gasteiger charge is 2.35. The quantitative estimate of drug-likeness (QED) is 0.634. The first-order valence-electron chi connectivity index (χ1n) is 9.48. The van der Waals surface area contributed by atoms with Crippen LogP contribution in [-0.2, 0) is 19.6 Å². The predicted octanol–water partition coefficient (Wildman–Crippen LogP) is 0.649. The molecule has 2 amide bonds. The Morgan fingerprint density at radius 3 is 2.20 bits per heavy atom. The van der Waals surface area contributed by atoms with Gasteiger partial charge in [-0.2, -0.15) is 4.31 Å². The van der Waals surface area contributed by atoms with Crippen molar-refractivity contribution in [1.29, 1.82) is 0 Å². The third-order valence-corrected chi connectivity index (χ3v) is 7.07. The number of aromatic nitrogens is 2. The fraction of sp³-hybridized carbons (Fsp3) is 0.368. The second-order valence-corrected chi connectivity index (χ2v) is 8.80. The second-order valence-electron chi connectivity index (χ2n) is 6.90. The first kappa shape index (κ1) is 20.2. The molecule has 2 saturated heterocycles. The molecule has 4 rings (SSSR count). The molecule has 1 aromatic heterocycles. The molecule has 158 valence electrons. The monoisotopic (exact) mass is 431 g/mol. The molecule has 0 aliphatic carbocycles. The summed E-state index contributed by atoms with van der Waals surface area (Å²) in [4.78, 5) is 35.4. The van der Waals surface area contributed by atoms with Crippen molar-refractivity contribution >= 4 is 33.5 Å². The molecule has 1 aromatic carbocycles. The maximum absolute atomic E-state index is 13.3. The minimum atomic E-state index is -3.91. The molecule has 11 heteroatoms. The molecule has 2 aliphatic rings. The molecule has 30 heavy (non-hydrogen) atoms. The van der Waals surface area contributed by atoms with Gasteiger partial charge in [-0.05, 0) is 24.3 Å². The minimum absolute atomic E-state index is 0.0700. The van der Waals surface area contributed by atoms with Crippen LogP contribution in [0.15, 0.2) is 41.6 Å². The number of nitrogens with zero attached hydrogens (tertiary/aromatic N) is 5. The number of rotatable bonds is 5. The Hall–Kier alpha value is -3.05. The maximum Gasteiger partial charge on any atom is 0.246 e. The first-order valence-corrected chi connectivity index (χ1v) is 10.9. The number of amides is 2. The number of methoxy groups -OCH3 is 1. The zero-order chi connectivity index (χ0) is 21.3. The van der Waals surface area contributed by atoms with Crippen molar-refractivity contribution in [2.24, 2.45) is 0 Å². The van der Waals surface area contributed by atoms with Crippen LogP contribution in [0.25, 0.3) is 0 Å². The Bertz CT molecular complexity index is 1050. The van der Waals surface area contributed by atoms with Gasteiger partial charge in [-0.3, -0.25) is 14.5 Å². The summed E-state index contributed by atoms with van der Waals surface area (Å²) in [6.07, 6.45) is 3.53. The number of imide groups is 1. The fourth-order valence-electron chi connectivity index (χ4n) is 3.59. The molecule has 0 spiro atoms. The Balaban J connectivity index is 1.60. The summed E-state index contributed by atoms with van der Waals surface area (Å²) in [6, 6.07) is 6.04. The number of hydrogen-bond donors (Lipinski definition) is 0. The van der Waals surface area contributed by atoms with Crippen molar-refractivity contribution in [3.8, 4) is 5.75 Å². The summed E-state index contributed by atoms with van der Waals surface area (Å²) >= 11 is 0. The third-order valence-electron chi connectivity index (χ3n) is 5.15. The van der Waals surface area contributed by atoms with Gasteiger partial charge in [0.15, 0.2) is 0 Å². The van der Waals surface area contributed by atoms with Gasteiger partial charge in [-0.15, -0.1) is 0 Å². The summed E-state index contributed by atoms with van der Waals surface area (Å²) in [7, 11) is -2.53. The maximum atomic E-state index is 13.3. The van der Waals surface area contributed by atoms with Crippen LogP contribution in [0.3, 0.4) is 0 Å². The normalized spacial score (nSPS) is 18.2. The van der Waals surface area contributed by atoms with Gasteiger partial charge in [-0.25, -0.2) is 18.4 Å². The van der Waals surface area contributed by atoms with Gasteiger partial charge in [-0.1, -0.05) is 0 Å². The van der Waals surface area contributed by atoms with E-state index in [4.69, 9.17) is 4.74 Å². The molecular formula is C19H21N5O5S. The third kappa shape index (κ3) is 3.61. The van der Waals surface area contributed by atoms with Gasteiger partial charge in [0.1, 0.15) is 10.6 Å². The van der Waals surface area contributed by atoms with Gasteiger partial charge in [0.2, 0.25) is 27.8 Å². The average Bonchev–Trinajstić information content (AvgIpc) is 3.12. The van der Waals surface area contributed by atoms with Crippen molar-refractivity contribution in [2.75, 3.05) is 43.1 Å². The van der Waals surface area contributed by atoms with E-state index in [-0.39, 0.29) is 54.1 Å². The highest BCUT2D eigenvalue weighted by atomic mass is 32.2. The Morgan fingerprint density at radius 1 is 0.967 bits per heavy atom. The van der Waals surface area contributed by atoms with Crippen molar-refractivity contribution in [3.05, 3.63) is 36.7 Å². The number of sulfonamides is 1. The van der Waals surface area contributed by atoms with E-state index in [0.29, 0.717) is 19.0 Å². The van der Waals surface area contributed by atoms with E-state index < -0.39 is 10.0 Å². The largest absolute Gasteiger partial charge is 0.495 e. The van der Waals surface area contributed by atoms with Crippen LogP contribution in [0.4, 0.5) is 11.6 Å². The zero-order valence-electron chi connectivity index (χ0n) is 16.4. The standard InChI is InChI=1S/C19H21N5O5S/c1-29-15-4-3-14(24-17(25)5-6-18(24)26)13-16(15)30(27,28)23-11-9-22(10-12-23)19-20-7-2-8-21-19/h2-4,7-8,13H,5-6,9-12H2,1H3. The van der Waals surface area contributed by atoms with Crippen molar-refractivity contribution < 1.29 is 22.7 Å². The number of anilines is 2. The van der Waals surface area contributed by atoms with Crippen LogP contribution >= 0.6 is 0 Å². The molecule has 0 radical (unpaired) electrons. The number of benzene rings is 1. The Kier molecular flexibility index (Phi) is 5.39. The summed E-state index contributed by atoms with van der Waals surface area (Å²) < 4.78 is 33.3. The molecule has 3 heterocycles. The number of carbonyl (C=O) groups excluding carboxylic acids is 2. The minimum Gasteiger partial charge on any atom is -0.495 e. The van der Waals surface area contributed by atoms with Gasteiger partial charge >= 0.3 is 0 Å². The molecule has 2 fully saturated rings. The lowest BCUT2D eigenvalue weighted by Crippen LogP contribution is -2.49. The molecule has 2 aromatic rings. The van der Waals surface area contributed by atoms with Gasteiger partial charge in [0, 0.05) is 51.4 Å². The van der Waals surface area contributed by atoms with Gasteiger partial charge in [0.05, 0.1) is 12.8 Å². The molecule has 0 atom stereocenters. The Labute approximate surface area is 174 Å². The van der Waals surface area contributed by atoms with Gasteiger partial charge < -0.3 is 9.64 Å². The van der Waals surface area contributed by atoms with E-state index in [1.54, 1.807) is 18.5 Å². The lowest BCUT2D eigenvalue weighted by molar-refractivity contribution is -0.121. The second kappa shape index (κ2) is 8.00. The SMILES string of the molecule is COc1ccc(N2C(=O)CCC2=O)cc1S(=O)(=O)N1CCN(c2ncccn2)CC1. The van der Waals surface area contributed by atoms with Crippen LogP contribution < -0.4 is 14.5 Å². The van der Waals surface area contributed by atoms with E-state index in [9.17, 15) is 18.0 Å². The zero-order valence-corrected chi connectivity index (χ0v) is 17.2. The van der Waals surface area contributed by atoms with Crippen LogP contribution in [0, 0.1) is 0 Å². The van der Waals surface area contributed by atoms with E-state index >= 15 is 0 Å². The van der Waals surface area contributed by atoms with E-state index in [1.807, 2.05) is 4.90 Å². The fourth-order valence-corrected chi connectivity index (χ4v) is 5.19. The lowest BCUT2D eigenvalue weighted by atomic mass is 10.2. The summed E-state index contributed by atoms with van der Waals surface area (Å²) in [5.74, 6) is 0.0295. The number of carbonyl (C=O) groups is 2. The summed E-state index contributed by atoms with van der Waals surface area (Å²) in [5, 5.41) is 0. The van der Waals surface area contributed by atoms with Crippen molar-refractivity contribution in [1.82, 2.24) is 14.3 Å². The highest BCUT2D eigenvalue weighted by Crippen LogP contribution is 2.33. The van der Waals surface area contributed by atoms with E-state index in [2.05, 4.69) is 9.97 Å². The molecule has 0 bridgehead atoms. The summed E-state index contributed by atoms with van der Waals surface area (Å²) in [6.45, 7) is 1.37. The van der Waals surface area contributed by atoms with Gasteiger partial charge in [0.25, 0.3) is 0 Å². The average molecular weight is 431 g/mol.